The minimum absolute atomic E-state index is 0.0719. The smallest absolute Gasteiger partial charge is 0.323 e. The van der Waals surface area contributed by atoms with Gasteiger partial charge >= 0.3 is 5.97 Å². The predicted octanol–water partition coefficient (Wildman–Crippen LogP) is 0.452. The Bertz CT molecular complexity index is 272. The van der Waals surface area contributed by atoms with Gasteiger partial charge in [-0.2, -0.15) is 0 Å². The molecule has 1 unspecified atom stereocenters. The topological polar surface area (TPSA) is 69.6 Å². The molecule has 92 valence electrons. The molecule has 5 heteroatoms. The fraction of sp³-hybridized carbons (Fsp3) is 0.818. The Balaban J connectivity index is 2.76. The number of rotatable bonds is 5. The van der Waals surface area contributed by atoms with Gasteiger partial charge in [0.1, 0.15) is 6.54 Å². The van der Waals surface area contributed by atoms with Crippen molar-refractivity contribution in [3.8, 4) is 0 Å². The summed E-state index contributed by atoms with van der Waals surface area (Å²) >= 11 is 0. The first-order valence-corrected chi connectivity index (χ1v) is 5.82. The fourth-order valence-electron chi connectivity index (χ4n) is 2.23. The highest BCUT2D eigenvalue weighted by atomic mass is 16.4. The first-order valence-electron chi connectivity index (χ1n) is 5.82. The molecule has 1 fully saturated rings. The standard InChI is InChI=1S/C11H20N2O3/c1-3-11(6-5-7-12-11)10(16)13(4-2)8-9(14)15/h12H,3-8H2,1-2H3,(H,14,15). The Morgan fingerprint density at radius 2 is 2.12 bits per heavy atom. The average molecular weight is 228 g/mol. The van der Waals surface area contributed by atoms with Crippen LogP contribution in [0.4, 0.5) is 0 Å². The molecule has 1 aliphatic rings. The van der Waals surface area contributed by atoms with Gasteiger partial charge in [-0.05, 0) is 32.7 Å². The van der Waals surface area contributed by atoms with Crippen molar-refractivity contribution in [2.24, 2.45) is 0 Å². The van der Waals surface area contributed by atoms with E-state index >= 15 is 0 Å². The number of hydrogen-bond donors (Lipinski definition) is 2. The van der Waals surface area contributed by atoms with Gasteiger partial charge in [-0.15, -0.1) is 0 Å². The fourth-order valence-corrected chi connectivity index (χ4v) is 2.23. The molecule has 0 saturated carbocycles. The molecule has 1 atom stereocenters. The summed E-state index contributed by atoms with van der Waals surface area (Å²) in [6.07, 6.45) is 2.49. The first kappa shape index (κ1) is 13.0. The Hall–Kier alpha value is -1.10. The molecule has 0 bridgehead atoms. The van der Waals surface area contributed by atoms with E-state index in [-0.39, 0.29) is 12.5 Å². The van der Waals surface area contributed by atoms with Gasteiger partial charge in [-0.1, -0.05) is 6.92 Å². The summed E-state index contributed by atoms with van der Waals surface area (Å²) in [5.74, 6) is -1.03. The number of aliphatic carboxylic acids is 1. The molecule has 1 heterocycles. The van der Waals surface area contributed by atoms with E-state index in [1.54, 1.807) is 6.92 Å². The van der Waals surface area contributed by atoms with Gasteiger partial charge in [-0.25, -0.2) is 0 Å². The summed E-state index contributed by atoms with van der Waals surface area (Å²) in [6, 6.07) is 0. The van der Waals surface area contributed by atoms with Crippen LogP contribution >= 0.6 is 0 Å². The zero-order valence-corrected chi connectivity index (χ0v) is 9.95. The van der Waals surface area contributed by atoms with Crippen molar-refractivity contribution in [3.63, 3.8) is 0 Å². The largest absolute Gasteiger partial charge is 0.480 e. The number of carboxylic acid groups (broad SMARTS) is 1. The summed E-state index contributed by atoms with van der Waals surface area (Å²) in [5.41, 5.74) is -0.522. The Kier molecular flexibility index (Phi) is 4.29. The molecule has 1 rings (SSSR count). The lowest BCUT2D eigenvalue weighted by atomic mass is 9.92. The zero-order valence-electron chi connectivity index (χ0n) is 9.95. The normalized spacial score (nSPS) is 24.4. The molecule has 0 aromatic rings. The highest BCUT2D eigenvalue weighted by Crippen LogP contribution is 2.25. The third-order valence-corrected chi connectivity index (χ3v) is 3.25. The monoisotopic (exact) mass is 228 g/mol. The minimum Gasteiger partial charge on any atom is -0.480 e. The number of likely N-dealkylation sites (N-methyl/N-ethyl adjacent to an activating group) is 1. The van der Waals surface area contributed by atoms with Gasteiger partial charge in [0.25, 0.3) is 0 Å². The molecular formula is C11H20N2O3. The van der Waals surface area contributed by atoms with Crippen molar-refractivity contribution in [1.82, 2.24) is 10.2 Å². The maximum atomic E-state index is 12.3. The second kappa shape index (κ2) is 5.30. The van der Waals surface area contributed by atoms with Crippen LogP contribution in [0.1, 0.15) is 33.1 Å². The van der Waals surface area contributed by atoms with E-state index in [0.717, 1.165) is 19.4 Å². The van der Waals surface area contributed by atoms with Gasteiger partial charge in [0.15, 0.2) is 0 Å². The summed E-state index contributed by atoms with van der Waals surface area (Å²) in [5, 5.41) is 12.0. The van der Waals surface area contributed by atoms with Crippen LogP contribution in [0.3, 0.4) is 0 Å². The van der Waals surface area contributed by atoms with E-state index in [4.69, 9.17) is 5.11 Å². The lowest BCUT2D eigenvalue weighted by Gasteiger charge is -2.32. The molecule has 16 heavy (non-hydrogen) atoms. The van der Waals surface area contributed by atoms with Gasteiger partial charge in [-0.3, -0.25) is 9.59 Å². The molecule has 0 radical (unpaired) electrons. The lowest BCUT2D eigenvalue weighted by molar-refractivity contribution is -0.147. The Morgan fingerprint density at radius 1 is 1.44 bits per heavy atom. The van der Waals surface area contributed by atoms with Crippen LogP contribution in [-0.2, 0) is 9.59 Å². The van der Waals surface area contributed by atoms with E-state index in [9.17, 15) is 9.59 Å². The van der Waals surface area contributed by atoms with Crippen molar-refractivity contribution in [1.29, 1.82) is 0 Å². The molecule has 0 aromatic heterocycles. The van der Waals surface area contributed by atoms with Crippen molar-refractivity contribution >= 4 is 11.9 Å². The van der Waals surface area contributed by atoms with Crippen molar-refractivity contribution in [2.75, 3.05) is 19.6 Å². The number of hydrogen-bond acceptors (Lipinski definition) is 3. The zero-order chi connectivity index (χ0) is 12.2. The third kappa shape index (κ3) is 2.52. The molecule has 5 nitrogen and oxygen atoms in total. The maximum Gasteiger partial charge on any atom is 0.323 e. The Labute approximate surface area is 95.8 Å². The van der Waals surface area contributed by atoms with Crippen molar-refractivity contribution in [2.45, 2.75) is 38.6 Å². The third-order valence-electron chi connectivity index (χ3n) is 3.25. The number of nitrogens with zero attached hydrogens (tertiary/aromatic N) is 1. The van der Waals surface area contributed by atoms with Crippen LogP contribution < -0.4 is 5.32 Å². The predicted molar refractivity (Wildman–Crippen MR) is 60.1 cm³/mol. The first-order chi connectivity index (χ1) is 7.55. The highest BCUT2D eigenvalue weighted by molar-refractivity contribution is 5.89. The number of carbonyl (C=O) groups is 2. The van der Waals surface area contributed by atoms with E-state index in [0.29, 0.717) is 13.0 Å². The van der Waals surface area contributed by atoms with Crippen molar-refractivity contribution in [3.05, 3.63) is 0 Å². The summed E-state index contributed by atoms with van der Waals surface area (Å²) in [6.45, 7) is 4.83. The van der Waals surface area contributed by atoms with Crippen LogP contribution in [0.2, 0.25) is 0 Å². The van der Waals surface area contributed by atoms with Crippen molar-refractivity contribution < 1.29 is 14.7 Å². The molecule has 0 aromatic carbocycles. The summed E-state index contributed by atoms with van der Waals surface area (Å²) < 4.78 is 0. The van der Waals surface area contributed by atoms with Crippen LogP contribution in [-0.4, -0.2) is 47.1 Å². The van der Waals surface area contributed by atoms with Crippen LogP contribution in [0.15, 0.2) is 0 Å². The van der Waals surface area contributed by atoms with Crippen LogP contribution in [0.25, 0.3) is 0 Å². The quantitative estimate of drug-likeness (QED) is 0.717. The minimum atomic E-state index is -0.959. The number of carbonyl (C=O) groups excluding carboxylic acids is 1. The second-order valence-corrected chi connectivity index (χ2v) is 4.18. The molecule has 0 aliphatic carbocycles. The number of carboxylic acids is 1. The second-order valence-electron chi connectivity index (χ2n) is 4.18. The molecular weight excluding hydrogens is 208 g/mol. The van der Waals surface area contributed by atoms with E-state index in [1.165, 1.54) is 4.90 Å². The number of nitrogens with one attached hydrogen (secondary N) is 1. The molecule has 1 saturated heterocycles. The van der Waals surface area contributed by atoms with E-state index in [2.05, 4.69) is 5.32 Å². The summed E-state index contributed by atoms with van der Waals surface area (Å²) in [7, 11) is 0. The average Bonchev–Trinajstić information content (AvgIpc) is 2.74. The maximum absolute atomic E-state index is 12.3. The SMILES string of the molecule is CCN(CC(=O)O)C(=O)C1(CC)CCCN1. The van der Waals surface area contributed by atoms with Crippen LogP contribution in [0.5, 0.6) is 0 Å². The van der Waals surface area contributed by atoms with Crippen LogP contribution in [0, 0.1) is 0 Å². The highest BCUT2D eigenvalue weighted by Gasteiger charge is 2.41. The summed E-state index contributed by atoms with van der Waals surface area (Å²) in [4.78, 5) is 24.3. The van der Waals surface area contributed by atoms with Gasteiger partial charge < -0.3 is 15.3 Å². The number of amides is 1. The van der Waals surface area contributed by atoms with Gasteiger partial charge in [0, 0.05) is 6.54 Å². The van der Waals surface area contributed by atoms with Gasteiger partial charge in [0.2, 0.25) is 5.91 Å². The Morgan fingerprint density at radius 3 is 2.50 bits per heavy atom. The molecule has 1 amide bonds. The van der Waals surface area contributed by atoms with Gasteiger partial charge in [0.05, 0.1) is 5.54 Å². The molecule has 2 N–H and O–H groups in total. The lowest BCUT2D eigenvalue weighted by Crippen LogP contribution is -2.55. The van der Waals surface area contributed by atoms with E-state index in [1.807, 2.05) is 6.92 Å². The van der Waals surface area contributed by atoms with E-state index < -0.39 is 11.5 Å². The molecule has 0 spiro atoms. The molecule has 1 aliphatic heterocycles.